The molecule has 0 aliphatic carbocycles. The van der Waals surface area contributed by atoms with Gasteiger partial charge in [-0.05, 0) is 41.0 Å². The van der Waals surface area contributed by atoms with Crippen molar-refractivity contribution >= 4 is 33.6 Å². The van der Waals surface area contributed by atoms with Gasteiger partial charge in [-0.25, -0.2) is 0 Å². The molecular weight excluding hydrogens is 362 g/mol. The Labute approximate surface area is 145 Å². The van der Waals surface area contributed by atoms with Gasteiger partial charge in [0.1, 0.15) is 0 Å². The fraction of sp³-hybridized carbons (Fsp3) is 0.562. The lowest BCUT2D eigenvalue weighted by Crippen LogP contribution is -2.44. The Morgan fingerprint density at radius 1 is 1.32 bits per heavy atom. The zero-order valence-corrected chi connectivity index (χ0v) is 15.2. The lowest BCUT2D eigenvalue weighted by Gasteiger charge is -2.27. The average Bonchev–Trinajstić information content (AvgIpc) is 2.54. The molecule has 6 heteroatoms. The van der Waals surface area contributed by atoms with Crippen LogP contribution in [0, 0.1) is 0 Å². The molecule has 1 aliphatic rings. The topological polar surface area (TPSA) is 44.4 Å². The van der Waals surface area contributed by atoms with Crippen LogP contribution in [0.15, 0.2) is 33.6 Å². The highest BCUT2D eigenvalue weighted by atomic mass is 79.9. The first-order chi connectivity index (χ1) is 10.8. The molecule has 0 aromatic heterocycles. The number of piperazine rings is 1. The summed E-state index contributed by atoms with van der Waals surface area (Å²) in [6.07, 6.45) is 1.60. The van der Waals surface area contributed by atoms with Crippen molar-refractivity contribution in [2.75, 3.05) is 45.0 Å². The first-order valence-corrected chi connectivity index (χ1v) is 9.60. The molecule has 1 fully saturated rings. The zero-order valence-electron chi connectivity index (χ0n) is 12.8. The van der Waals surface area contributed by atoms with Crippen molar-refractivity contribution in [1.82, 2.24) is 15.5 Å². The average molecular weight is 386 g/mol. The monoisotopic (exact) mass is 385 g/mol. The van der Waals surface area contributed by atoms with Crippen LogP contribution in [0.4, 0.5) is 0 Å². The van der Waals surface area contributed by atoms with Gasteiger partial charge in [0.25, 0.3) is 0 Å². The molecule has 0 spiro atoms. The second-order valence-corrected chi connectivity index (χ2v) is 7.32. The maximum atomic E-state index is 11.8. The fourth-order valence-electron chi connectivity index (χ4n) is 2.37. The number of halogens is 1. The molecule has 2 rings (SSSR count). The molecule has 1 amide bonds. The number of carbonyl (C=O) groups is 1. The van der Waals surface area contributed by atoms with Gasteiger partial charge in [0.2, 0.25) is 5.91 Å². The molecular formula is C16H24BrN3OS. The molecule has 1 heterocycles. The minimum absolute atomic E-state index is 0.153. The van der Waals surface area contributed by atoms with Crippen LogP contribution in [0.2, 0.25) is 0 Å². The molecule has 4 nitrogen and oxygen atoms in total. The molecule has 1 aliphatic heterocycles. The van der Waals surface area contributed by atoms with E-state index in [1.54, 1.807) is 11.8 Å². The number of benzene rings is 1. The van der Waals surface area contributed by atoms with Gasteiger partial charge in [0.05, 0.1) is 0 Å². The van der Waals surface area contributed by atoms with Gasteiger partial charge < -0.3 is 15.5 Å². The molecule has 0 atom stereocenters. The number of amides is 1. The van der Waals surface area contributed by atoms with Crippen molar-refractivity contribution in [3.05, 3.63) is 28.7 Å². The van der Waals surface area contributed by atoms with Crippen molar-refractivity contribution in [3.8, 4) is 0 Å². The Morgan fingerprint density at radius 2 is 2.09 bits per heavy atom. The lowest BCUT2D eigenvalue weighted by molar-refractivity contribution is -0.120. The summed E-state index contributed by atoms with van der Waals surface area (Å²) in [6.45, 7) is 6.26. The van der Waals surface area contributed by atoms with E-state index >= 15 is 0 Å². The van der Waals surface area contributed by atoms with Gasteiger partial charge in [0.15, 0.2) is 0 Å². The number of nitrogens with zero attached hydrogens (tertiary/aromatic N) is 1. The maximum Gasteiger partial charge on any atom is 0.220 e. The van der Waals surface area contributed by atoms with E-state index in [0.717, 1.165) is 55.9 Å². The van der Waals surface area contributed by atoms with Crippen molar-refractivity contribution in [1.29, 1.82) is 0 Å². The first kappa shape index (κ1) is 17.8. The Hall–Kier alpha value is -0.560. The number of nitrogens with one attached hydrogen (secondary N) is 2. The van der Waals surface area contributed by atoms with Crippen LogP contribution >= 0.6 is 27.7 Å². The Balaban J connectivity index is 1.51. The summed E-state index contributed by atoms with van der Waals surface area (Å²) in [5.74, 6) is 0.964. The summed E-state index contributed by atoms with van der Waals surface area (Å²) in [6, 6.07) is 8.11. The molecule has 122 valence electrons. The molecule has 1 aromatic carbocycles. The predicted octanol–water partition coefficient (Wildman–Crippen LogP) is 2.34. The highest BCUT2D eigenvalue weighted by molar-refractivity contribution is 9.10. The number of thioether (sulfide) groups is 1. The summed E-state index contributed by atoms with van der Waals surface area (Å²) in [7, 11) is 0. The Bertz CT molecular complexity index is 466. The van der Waals surface area contributed by atoms with E-state index in [9.17, 15) is 4.79 Å². The number of rotatable bonds is 8. The molecule has 1 aromatic rings. The van der Waals surface area contributed by atoms with Gasteiger partial charge >= 0.3 is 0 Å². The van der Waals surface area contributed by atoms with Gasteiger partial charge in [-0.2, -0.15) is 0 Å². The highest BCUT2D eigenvalue weighted by Gasteiger charge is 2.09. The molecule has 1 saturated heterocycles. The fourth-order valence-corrected chi connectivity index (χ4v) is 3.89. The third-order valence-corrected chi connectivity index (χ3v) is 5.64. The van der Waals surface area contributed by atoms with Crippen LogP contribution in [-0.2, 0) is 4.79 Å². The van der Waals surface area contributed by atoms with Crippen LogP contribution in [0.5, 0.6) is 0 Å². The van der Waals surface area contributed by atoms with Crippen LogP contribution in [-0.4, -0.2) is 55.8 Å². The van der Waals surface area contributed by atoms with Crippen molar-refractivity contribution < 1.29 is 4.79 Å². The predicted molar refractivity (Wildman–Crippen MR) is 96.4 cm³/mol. The van der Waals surface area contributed by atoms with Crippen LogP contribution in [0.25, 0.3) is 0 Å². The molecule has 0 bridgehead atoms. The number of hydrogen-bond acceptors (Lipinski definition) is 4. The molecule has 0 unspecified atom stereocenters. The van der Waals surface area contributed by atoms with E-state index in [2.05, 4.69) is 37.5 Å². The molecule has 2 N–H and O–H groups in total. The minimum Gasteiger partial charge on any atom is -0.356 e. The first-order valence-electron chi connectivity index (χ1n) is 7.83. The van der Waals surface area contributed by atoms with Crippen LogP contribution in [0.3, 0.4) is 0 Å². The summed E-state index contributed by atoms with van der Waals surface area (Å²) in [5, 5.41) is 6.36. The molecule has 0 radical (unpaired) electrons. The lowest BCUT2D eigenvalue weighted by atomic mass is 10.3. The summed E-state index contributed by atoms with van der Waals surface area (Å²) < 4.78 is 1.09. The third-order valence-electron chi connectivity index (χ3n) is 3.61. The second-order valence-electron chi connectivity index (χ2n) is 5.32. The number of hydrogen-bond donors (Lipinski definition) is 2. The third kappa shape index (κ3) is 6.69. The standard InChI is InChI=1S/C16H24BrN3OS/c17-14-4-1-2-5-15(14)22-13-6-16(21)19-7-3-10-20-11-8-18-9-12-20/h1-2,4-5,18H,3,6-13H2,(H,19,21). The summed E-state index contributed by atoms with van der Waals surface area (Å²) >= 11 is 5.24. The Kier molecular flexibility index (Phi) is 8.30. The maximum absolute atomic E-state index is 11.8. The smallest absolute Gasteiger partial charge is 0.220 e. The summed E-state index contributed by atoms with van der Waals surface area (Å²) in [4.78, 5) is 15.4. The SMILES string of the molecule is O=C(CCSc1ccccc1Br)NCCCN1CCNCC1. The van der Waals surface area contributed by atoms with E-state index in [4.69, 9.17) is 0 Å². The second kappa shape index (κ2) is 10.3. The van der Waals surface area contributed by atoms with Crippen molar-refractivity contribution in [2.45, 2.75) is 17.7 Å². The van der Waals surface area contributed by atoms with Gasteiger partial charge in [0, 0.05) is 54.3 Å². The summed E-state index contributed by atoms with van der Waals surface area (Å²) in [5.41, 5.74) is 0. The van der Waals surface area contributed by atoms with Gasteiger partial charge in [-0.3, -0.25) is 4.79 Å². The highest BCUT2D eigenvalue weighted by Crippen LogP contribution is 2.27. The van der Waals surface area contributed by atoms with E-state index in [1.165, 1.54) is 4.90 Å². The van der Waals surface area contributed by atoms with Crippen LogP contribution < -0.4 is 10.6 Å². The largest absolute Gasteiger partial charge is 0.356 e. The quantitative estimate of drug-likeness (QED) is 0.532. The van der Waals surface area contributed by atoms with E-state index in [0.29, 0.717) is 6.42 Å². The Morgan fingerprint density at radius 3 is 2.86 bits per heavy atom. The van der Waals surface area contributed by atoms with Crippen molar-refractivity contribution in [2.24, 2.45) is 0 Å². The van der Waals surface area contributed by atoms with E-state index in [1.807, 2.05) is 18.2 Å². The molecule has 0 saturated carbocycles. The normalized spacial score (nSPS) is 15.7. The van der Waals surface area contributed by atoms with E-state index < -0.39 is 0 Å². The van der Waals surface area contributed by atoms with Gasteiger partial charge in [-0.1, -0.05) is 12.1 Å². The van der Waals surface area contributed by atoms with E-state index in [-0.39, 0.29) is 5.91 Å². The van der Waals surface area contributed by atoms with Gasteiger partial charge in [-0.15, -0.1) is 11.8 Å². The zero-order chi connectivity index (χ0) is 15.6. The van der Waals surface area contributed by atoms with Crippen molar-refractivity contribution in [3.63, 3.8) is 0 Å². The minimum atomic E-state index is 0.153. The number of carbonyl (C=O) groups excluding carboxylic acids is 1. The molecule has 22 heavy (non-hydrogen) atoms. The van der Waals surface area contributed by atoms with Crippen LogP contribution in [0.1, 0.15) is 12.8 Å².